The molecule has 1 unspecified atom stereocenters. The van der Waals surface area contributed by atoms with E-state index in [0.29, 0.717) is 24.2 Å². The van der Waals surface area contributed by atoms with Crippen LogP contribution in [0.4, 0.5) is 0 Å². The topological polar surface area (TPSA) is 144 Å². The lowest BCUT2D eigenvalue weighted by Gasteiger charge is -2.60. The van der Waals surface area contributed by atoms with Gasteiger partial charge in [-0.05, 0) is 43.9 Å². The summed E-state index contributed by atoms with van der Waals surface area (Å²) in [5, 5.41) is 35.1. The fourth-order valence-electron chi connectivity index (χ4n) is 9.17. The highest BCUT2D eigenvalue weighted by molar-refractivity contribution is 5.93. The number of hydrogen-bond acceptors (Lipinski definition) is 10. The Kier molecular flexibility index (Phi) is 8.91. The molecule has 10 heteroatoms. The van der Waals surface area contributed by atoms with Crippen molar-refractivity contribution >= 4 is 11.8 Å². The van der Waals surface area contributed by atoms with Gasteiger partial charge in [-0.25, -0.2) is 0 Å². The van der Waals surface area contributed by atoms with Crippen molar-refractivity contribution in [2.75, 3.05) is 13.4 Å². The van der Waals surface area contributed by atoms with Crippen LogP contribution in [0, 0.1) is 23.7 Å². The lowest BCUT2D eigenvalue weighted by Crippen LogP contribution is -2.77. The van der Waals surface area contributed by atoms with Gasteiger partial charge < -0.3 is 39.0 Å². The van der Waals surface area contributed by atoms with Crippen molar-refractivity contribution in [1.82, 2.24) is 0 Å². The summed E-state index contributed by atoms with van der Waals surface area (Å²) in [6.07, 6.45) is 6.17. The third kappa shape index (κ3) is 4.82. The first-order chi connectivity index (χ1) is 22.5. The normalized spacial score (nSPS) is 43.5. The van der Waals surface area contributed by atoms with E-state index in [0.717, 1.165) is 0 Å². The fraction of sp³-hybridized carbons (Fsp3) is 0.568. The van der Waals surface area contributed by atoms with E-state index < -0.39 is 88.9 Å². The van der Waals surface area contributed by atoms with Gasteiger partial charge in [-0.15, -0.1) is 0 Å². The molecule has 5 aliphatic rings. The van der Waals surface area contributed by atoms with Crippen LogP contribution in [-0.4, -0.2) is 87.3 Å². The second kappa shape index (κ2) is 12.4. The van der Waals surface area contributed by atoms with Crippen molar-refractivity contribution in [1.29, 1.82) is 0 Å². The van der Waals surface area contributed by atoms with E-state index >= 15 is 0 Å². The van der Waals surface area contributed by atoms with Crippen molar-refractivity contribution in [2.45, 2.75) is 93.3 Å². The molecule has 2 heterocycles. The molecule has 3 aliphatic carbocycles. The first-order valence-electron chi connectivity index (χ1n) is 16.5. The summed E-state index contributed by atoms with van der Waals surface area (Å²) >= 11 is 0. The number of epoxide rings is 1. The molecule has 3 saturated carbocycles. The molecule has 2 saturated heterocycles. The van der Waals surface area contributed by atoms with Gasteiger partial charge in [-0.2, -0.15) is 0 Å². The summed E-state index contributed by atoms with van der Waals surface area (Å²) in [7, 11) is 0. The van der Waals surface area contributed by atoms with Gasteiger partial charge >= 0.3 is 5.97 Å². The number of Topliss-reactive ketones (excluding diaryl/α,β-unsaturated/α-hetero) is 1. The smallest absolute Gasteiger partial charge is 0.306 e. The highest BCUT2D eigenvalue weighted by Gasteiger charge is 2.87. The average Bonchev–Trinajstić information content (AvgIpc) is 3.55. The number of ketones is 1. The van der Waals surface area contributed by atoms with Gasteiger partial charge in [0.05, 0.1) is 12.5 Å². The molecule has 0 bridgehead atoms. The monoisotopic (exact) mass is 650 g/mol. The van der Waals surface area contributed by atoms with Crippen molar-refractivity contribution in [3.8, 4) is 5.75 Å². The third-order valence-electron chi connectivity index (χ3n) is 11.3. The zero-order valence-electron chi connectivity index (χ0n) is 27.2. The molecular formula is C37H46O10. The maximum Gasteiger partial charge on any atom is 0.306 e. The van der Waals surface area contributed by atoms with Gasteiger partial charge in [-0.3, -0.25) is 9.59 Å². The molecule has 3 N–H and O–H groups in total. The quantitative estimate of drug-likeness (QED) is 0.107. The summed E-state index contributed by atoms with van der Waals surface area (Å²) in [5.74, 6) is -3.73. The lowest BCUT2D eigenvalue weighted by molar-refractivity contribution is -0.259. The van der Waals surface area contributed by atoms with Crippen molar-refractivity contribution in [3.63, 3.8) is 0 Å². The Balaban J connectivity index is 1.48. The van der Waals surface area contributed by atoms with E-state index in [1.165, 1.54) is 0 Å². The Hall–Kier alpha value is -3.12. The predicted octanol–water partition coefficient (Wildman–Crippen LogP) is 3.60. The number of allylic oxidation sites excluding steroid dienone is 5. The van der Waals surface area contributed by atoms with Crippen LogP contribution in [-0.2, 0) is 28.5 Å². The van der Waals surface area contributed by atoms with Crippen LogP contribution in [0.25, 0.3) is 0 Å². The Labute approximate surface area is 275 Å². The zero-order chi connectivity index (χ0) is 33.8. The summed E-state index contributed by atoms with van der Waals surface area (Å²) < 4.78 is 32.5. The molecule has 0 radical (unpaired) electrons. The number of aliphatic hydroxyl groups is 3. The fourth-order valence-corrected chi connectivity index (χ4v) is 9.17. The number of ether oxygens (including phenoxy) is 5. The van der Waals surface area contributed by atoms with Crippen LogP contribution in [0.15, 0.2) is 79.4 Å². The van der Waals surface area contributed by atoms with Gasteiger partial charge in [-0.1, -0.05) is 75.6 Å². The van der Waals surface area contributed by atoms with E-state index in [1.807, 2.05) is 49.4 Å². The molecule has 12 atom stereocenters. The highest BCUT2D eigenvalue weighted by Crippen LogP contribution is 2.69. The maximum atomic E-state index is 13.9. The first-order valence-corrected chi connectivity index (χ1v) is 16.5. The number of hydrogen-bond donors (Lipinski definition) is 3. The van der Waals surface area contributed by atoms with E-state index in [2.05, 4.69) is 13.2 Å². The maximum absolute atomic E-state index is 13.9. The molecule has 2 aliphatic heterocycles. The summed E-state index contributed by atoms with van der Waals surface area (Å²) in [6, 6.07) is 9.02. The minimum atomic E-state index is -2.34. The van der Waals surface area contributed by atoms with E-state index in [4.69, 9.17) is 23.7 Å². The molecule has 5 fully saturated rings. The number of fused-ring (bicyclic) bond motifs is 7. The van der Waals surface area contributed by atoms with Gasteiger partial charge in [0.1, 0.15) is 48.2 Å². The Morgan fingerprint density at radius 3 is 2.57 bits per heavy atom. The molecule has 0 spiro atoms. The van der Waals surface area contributed by atoms with Crippen LogP contribution in [0.5, 0.6) is 5.75 Å². The zero-order valence-corrected chi connectivity index (χ0v) is 27.2. The lowest BCUT2D eigenvalue weighted by atomic mass is 9.52. The average molecular weight is 651 g/mol. The number of carbonyl (C=O) groups excluding carboxylic acids is 2. The van der Waals surface area contributed by atoms with E-state index in [9.17, 15) is 24.9 Å². The van der Waals surface area contributed by atoms with Crippen LogP contribution in [0.3, 0.4) is 0 Å². The van der Waals surface area contributed by atoms with Gasteiger partial charge in [0, 0.05) is 24.2 Å². The van der Waals surface area contributed by atoms with Crippen LogP contribution < -0.4 is 4.74 Å². The Bertz CT molecular complexity index is 1460. The molecule has 0 aromatic heterocycles. The number of rotatable bonds is 11. The largest absolute Gasteiger partial charge is 0.486 e. The molecule has 47 heavy (non-hydrogen) atoms. The molecule has 254 valence electrons. The number of aliphatic hydroxyl groups excluding tert-OH is 2. The number of benzene rings is 1. The molecular weight excluding hydrogens is 604 g/mol. The summed E-state index contributed by atoms with van der Waals surface area (Å²) in [5.41, 5.74) is -6.27. The minimum absolute atomic E-state index is 0.132. The second-order valence-corrected chi connectivity index (χ2v) is 13.8. The Morgan fingerprint density at radius 1 is 1.15 bits per heavy atom. The first kappa shape index (κ1) is 33.8. The summed E-state index contributed by atoms with van der Waals surface area (Å²) in [4.78, 5) is 27.5. The van der Waals surface area contributed by atoms with Gasteiger partial charge in [0.15, 0.2) is 17.0 Å². The van der Waals surface area contributed by atoms with Crippen molar-refractivity contribution in [2.24, 2.45) is 23.7 Å². The number of esters is 1. The molecule has 1 aromatic rings. The number of para-hydroxylation sites is 1. The molecule has 10 nitrogen and oxygen atoms in total. The second-order valence-electron chi connectivity index (χ2n) is 13.8. The highest BCUT2D eigenvalue weighted by atomic mass is 16.7. The number of carbonyl (C=O) groups is 2. The molecule has 1 aromatic carbocycles. The van der Waals surface area contributed by atoms with E-state index in [-0.39, 0.29) is 19.6 Å². The van der Waals surface area contributed by atoms with Crippen LogP contribution in [0.2, 0.25) is 0 Å². The SMILES string of the molecule is C=C/C=C/C=C/CCCC(=O)O[C@@H]1[C@@H](C)[C@@]2(Oc3ccccc3)[C@H]([C@H]3OCO[C@]31C(=C)C)[C@@H]1O[C@]1(CO)[C@@H](O)[C@]1(O)C(=O)C(C)C[C@H]12. The van der Waals surface area contributed by atoms with Crippen molar-refractivity contribution in [3.05, 3.63) is 79.4 Å². The Morgan fingerprint density at radius 2 is 1.89 bits per heavy atom. The summed E-state index contributed by atoms with van der Waals surface area (Å²) in [6.45, 7) is 12.5. The van der Waals surface area contributed by atoms with Gasteiger partial charge in [0.25, 0.3) is 0 Å². The molecule has 0 amide bonds. The van der Waals surface area contributed by atoms with Crippen LogP contribution in [0.1, 0.15) is 46.5 Å². The van der Waals surface area contributed by atoms with Crippen molar-refractivity contribution < 1.29 is 48.6 Å². The standard InChI is InChI=1S/C37H46O10/c1-6-7-8-9-10-11-15-18-27(39)45-30-24(5)37(46-25-16-13-12-14-17-25)26-19-23(4)29(40)35(26,42)33(41)34(20-38)31(47-34)28(37)32-36(30,22(2)3)44-21-43-32/h6-10,12-14,16-17,23-24,26,28,30-33,38,41-42H,1-2,11,15,18-21H2,3-5H3/b8-7+,10-9+/t23?,24-,26-,28+,30-,31+,32-,33-,34+,35-,36+,37+/m1/s1. The number of unbranched alkanes of at least 4 members (excludes halogenated alkanes) is 1. The van der Waals surface area contributed by atoms with Gasteiger partial charge in [0.2, 0.25) is 0 Å². The third-order valence-corrected chi connectivity index (χ3v) is 11.3. The minimum Gasteiger partial charge on any atom is -0.486 e. The van der Waals surface area contributed by atoms with Crippen LogP contribution >= 0.6 is 0 Å². The predicted molar refractivity (Wildman–Crippen MR) is 171 cm³/mol. The van der Waals surface area contributed by atoms with E-state index in [1.54, 1.807) is 32.1 Å². The molecule has 6 rings (SSSR count).